The number of phenolic OH excluding ortho intramolecular Hbond substituents is 1. The first kappa shape index (κ1) is 12.5. The Hall–Kier alpha value is -2.49. The van der Waals surface area contributed by atoms with Crippen LogP contribution in [0.2, 0.25) is 0 Å². The van der Waals surface area contributed by atoms with Crippen LogP contribution in [-0.4, -0.2) is 17.2 Å². The molecule has 0 amide bonds. The number of aromatic hydroxyl groups is 1. The van der Waals surface area contributed by atoms with Crippen molar-refractivity contribution in [2.75, 3.05) is 7.11 Å². The van der Waals surface area contributed by atoms with Gasteiger partial charge in [0, 0.05) is 5.56 Å². The molecule has 0 bridgehead atoms. The van der Waals surface area contributed by atoms with Crippen molar-refractivity contribution in [1.29, 1.82) is 0 Å². The summed E-state index contributed by atoms with van der Waals surface area (Å²) in [6, 6.07) is 9.02. The highest BCUT2D eigenvalue weighted by Gasteiger charge is 2.12. The first-order valence-electron chi connectivity index (χ1n) is 6.33. The maximum atomic E-state index is 9.62. The van der Waals surface area contributed by atoms with Gasteiger partial charge in [-0.1, -0.05) is 0 Å². The molecule has 2 aromatic carbocycles. The molecule has 0 unspecified atom stereocenters. The largest absolute Gasteiger partial charge is 0.504 e. The molecule has 3 rings (SSSR count). The van der Waals surface area contributed by atoms with E-state index in [1.54, 1.807) is 18.2 Å². The average molecular weight is 269 g/mol. The van der Waals surface area contributed by atoms with Crippen molar-refractivity contribution >= 4 is 11.1 Å². The van der Waals surface area contributed by atoms with Crippen molar-refractivity contribution in [2.24, 2.45) is 0 Å². The number of phenols is 1. The first-order valence-corrected chi connectivity index (χ1v) is 6.33. The molecule has 4 nitrogen and oxygen atoms in total. The normalized spacial score (nSPS) is 10.9. The Balaban J connectivity index is 2.14. The molecule has 3 aromatic rings. The smallest absolute Gasteiger partial charge is 0.227 e. The van der Waals surface area contributed by atoms with Gasteiger partial charge in [0.1, 0.15) is 5.52 Å². The monoisotopic (exact) mass is 269 g/mol. The number of aryl methyl sites for hydroxylation is 2. The number of rotatable bonds is 2. The van der Waals surface area contributed by atoms with E-state index in [1.165, 1.54) is 18.2 Å². The standard InChI is InChI=1S/C16H15NO3/c1-9-6-12-14(7-10(9)2)20-16(17-12)11-4-5-13(18)15(8-11)19-3/h4-8,18H,1-3H3. The summed E-state index contributed by atoms with van der Waals surface area (Å²) < 4.78 is 10.9. The number of nitrogens with zero attached hydrogens (tertiary/aromatic N) is 1. The van der Waals surface area contributed by atoms with Crippen LogP contribution in [0, 0.1) is 13.8 Å². The van der Waals surface area contributed by atoms with Crippen molar-refractivity contribution in [2.45, 2.75) is 13.8 Å². The number of methoxy groups -OCH3 is 1. The van der Waals surface area contributed by atoms with Gasteiger partial charge in [0.2, 0.25) is 5.89 Å². The molecule has 0 radical (unpaired) electrons. The molecule has 1 heterocycles. The lowest BCUT2D eigenvalue weighted by Gasteiger charge is -2.03. The maximum Gasteiger partial charge on any atom is 0.227 e. The van der Waals surface area contributed by atoms with Gasteiger partial charge in [-0.15, -0.1) is 0 Å². The van der Waals surface area contributed by atoms with Crippen molar-refractivity contribution in [1.82, 2.24) is 4.98 Å². The fraction of sp³-hybridized carbons (Fsp3) is 0.188. The quantitative estimate of drug-likeness (QED) is 0.768. The number of fused-ring (bicyclic) bond motifs is 1. The molecule has 1 aromatic heterocycles. The Labute approximate surface area is 116 Å². The van der Waals surface area contributed by atoms with Gasteiger partial charge < -0.3 is 14.3 Å². The second-order valence-corrected chi connectivity index (χ2v) is 4.81. The van der Waals surface area contributed by atoms with Crippen LogP contribution in [0.1, 0.15) is 11.1 Å². The highest BCUT2D eigenvalue weighted by atomic mass is 16.5. The summed E-state index contributed by atoms with van der Waals surface area (Å²) in [6.45, 7) is 4.09. The van der Waals surface area contributed by atoms with Gasteiger partial charge in [-0.05, 0) is 55.3 Å². The van der Waals surface area contributed by atoms with E-state index in [0.29, 0.717) is 11.6 Å². The number of aromatic nitrogens is 1. The Bertz CT molecular complexity index is 751. The minimum atomic E-state index is 0.0963. The van der Waals surface area contributed by atoms with Crippen LogP contribution in [0.4, 0.5) is 0 Å². The maximum absolute atomic E-state index is 9.62. The van der Waals surface area contributed by atoms with E-state index in [2.05, 4.69) is 4.98 Å². The summed E-state index contributed by atoms with van der Waals surface area (Å²) in [4.78, 5) is 4.49. The molecule has 0 aliphatic rings. The molecule has 0 atom stereocenters. The predicted octanol–water partition coefficient (Wildman–Crippen LogP) is 3.83. The van der Waals surface area contributed by atoms with E-state index in [4.69, 9.17) is 9.15 Å². The van der Waals surface area contributed by atoms with Crippen LogP contribution >= 0.6 is 0 Å². The van der Waals surface area contributed by atoms with Gasteiger partial charge in [0.25, 0.3) is 0 Å². The van der Waals surface area contributed by atoms with Gasteiger partial charge in [0.05, 0.1) is 7.11 Å². The predicted molar refractivity (Wildman–Crippen MR) is 77.1 cm³/mol. The van der Waals surface area contributed by atoms with Crippen LogP contribution < -0.4 is 4.74 Å². The van der Waals surface area contributed by atoms with Gasteiger partial charge in [-0.2, -0.15) is 0 Å². The average Bonchev–Trinajstić information content (AvgIpc) is 2.82. The van der Waals surface area contributed by atoms with Crippen molar-refractivity contribution < 1.29 is 14.3 Å². The summed E-state index contributed by atoms with van der Waals surface area (Å²) >= 11 is 0. The lowest BCUT2D eigenvalue weighted by molar-refractivity contribution is 0.373. The third kappa shape index (κ3) is 1.99. The minimum absolute atomic E-state index is 0.0963. The fourth-order valence-corrected chi connectivity index (χ4v) is 2.11. The molecular formula is C16H15NO3. The molecule has 20 heavy (non-hydrogen) atoms. The summed E-state index contributed by atoms with van der Waals surface area (Å²) in [6.07, 6.45) is 0. The fourth-order valence-electron chi connectivity index (χ4n) is 2.11. The zero-order chi connectivity index (χ0) is 14.3. The van der Waals surface area contributed by atoms with Crippen molar-refractivity contribution in [3.63, 3.8) is 0 Å². The number of hydrogen-bond donors (Lipinski definition) is 1. The summed E-state index contributed by atoms with van der Waals surface area (Å²) in [7, 11) is 1.51. The highest BCUT2D eigenvalue weighted by molar-refractivity contribution is 5.78. The molecule has 4 heteroatoms. The molecule has 1 N–H and O–H groups in total. The number of benzene rings is 2. The highest BCUT2D eigenvalue weighted by Crippen LogP contribution is 2.32. The SMILES string of the molecule is COc1cc(-c2nc3cc(C)c(C)cc3o2)ccc1O. The van der Waals surface area contributed by atoms with E-state index in [0.717, 1.165) is 16.7 Å². The van der Waals surface area contributed by atoms with Crippen LogP contribution in [-0.2, 0) is 0 Å². The molecule has 0 saturated heterocycles. The van der Waals surface area contributed by atoms with Crippen molar-refractivity contribution in [3.8, 4) is 23.0 Å². The Morgan fingerprint density at radius 1 is 1.10 bits per heavy atom. The number of hydrogen-bond acceptors (Lipinski definition) is 4. The second kappa shape index (κ2) is 4.56. The number of ether oxygens (including phenoxy) is 1. The number of oxazole rings is 1. The van der Waals surface area contributed by atoms with E-state index in [1.807, 2.05) is 26.0 Å². The zero-order valence-electron chi connectivity index (χ0n) is 11.6. The Morgan fingerprint density at radius 3 is 2.60 bits per heavy atom. The third-order valence-electron chi connectivity index (χ3n) is 3.43. The second-order valence-electron chi connectivity index (χ2n) is 4.81. The van der Waals surface area contributed by atoms with Gasteiger partial charge in [-0.3, -0.25) is 0 Å². The van der Waals surface area contributed by atoms with Gasteiger partial charge in [-0.25, -0.2) is 4.98 Å². The molecule has 0 aliphatic heterocycles. The third-order valence-corrected chi connectivity index (χ3v) is 3.43. The van der Waals surface area contributed by atoms with E-state index in [-0.39, 0.29) is 5.75 Å². The van der Waals surface area contributed by atoms with E-state index >= 15 is 0 Å². The molecule has 102 valence electrons. The molecule has 0 saturated carbocycles. The molecular weight excluding hydrogens is 254 g/mol. The molecule has 0 spiro atoms. The van der Waals surface area contributed by atoms with Crippen LogP contribution in [0.25, 0.3) is 22.6 Å². The molecule has 0 fully saturated rings. The topological polar surface area (TPSA) is 55.5 Å². The van der Waals surface area contributed by atoms with Crippen LogP contribution in [0.5, 0.6) is 11.5 Å². The summed E-state index contributed by atoms with van der Waals surface area (Å²) in [5.41, 5.74) is 4.71. The van der Waals surface area contributed by atoms with Gasteiger partial charge >= 0.3 is 0 Å². The first-order chi connectivity index (χ1) is 9.58. The minimum Gasteiger partial charge on any atom is -0.504 e. The lowest BCUT2D eigenvalue weighted by Crippen LogP contribution is -1.85. The van der Waals surface area contributed by atoms with E-state index < -0.39 is 0 Å². The zero-order valence-corrected chi connectivity index (χ0v) is 11.6. The van der Waals surface area contributed by atoms with E-state index in [9.17, 15) is 5.11 Å². The Kier molecular flexibility index (Phi) is 2.86. The van der Waals surface area contributed by atoms with Crippen molar-refractivity contribution in [3.05, 3.63) is 41.5 Å². The van der Waals surface area contributed by atoms with Crippen LogP contribution in [0.3, 0.4) is 0 Å². The summed E-state index contributed by atoms with van der Waals surface area (Å²) in [5.74, 6) is 1.01. The Morgan fingerprint density at radius 2 is 1.85 bits per heavy atom. The van der Waals surface area contributed by atoms with Gasteiger partial charge in [0.15, 0.2) is 17.1 Å². The molecule has 0 aliphatic carbocycles. The summed E-state index contributed by atoms with van der Waals surface area (Å²) in [5, 5.41) is 9.62. The van der Waals surface area contributed by atoms with Crippen LogP contribution in [0.15, 0.2) is 34.7 Å². The lowest BCUT2D eigenvalue weighted by atomic mass is 10.1.